The van der Waals surface area contributed by atoms with Crippen molar-refractivity contribution in [3.63, 3.8) is 0 Å². The lowest BCUT2D eigenvalue weighted by atomic mass is 9.32. The molecular weight excluding hydrogens is 588 g/mol. The Morgan fingerprint density at radius 1 is 0.429 bits per heavy atom. The van der Waals surface area contributed by atoms with Gasteiger partial charge in [0.05, 0.1) is 0 Å². The van der Waals surface area contributed by atoms with Gasteiger partial charge in [-0.1, -0.05) is 164 Å². The number of rotatable bonds is 4. The lowest BCUT2D eigenvalue weighted by Crippen LogP contribution is -2.62. The van der Waals surface area contributed by atoms with Crippen molar-refractivity contribution in [3.05, 3.63) is 164 Å². The Balaban J connectivity index is 1.17. The Morgan fingerprint density at radius 2 is 1.02 bits per heavy atom. The van der Waals surface area contributed by atoms with Crippen molar-refractivity contribution < 1.29 is 0 Å². The van der Waals surface area contributed by atoms with E-state index >= 15 is 0 Å². The first-order valence-corrected chi connectivity index (χ1v) is 17.2. The lowest BCUT2D eigenvalue weighted by molar-refractivity contribution is 1.31. The van der Waals surface area contributed by atoms with E-state index in [0.717, 1.165) is 11.1 Å². The fraction of sp³-hybridized carbons (Fsp3) is 0. The Labute approximate surface area is 287 Å². The molecule has 0 atom stereocenters. The zero-order valence-electron chi connectivity index (χ0n) is 26.9. The SMILES string of the molecule is C=Cc1ccc(-c2ccc3c(c2)B2c4cccc5c4N(c4cccc-3c42)c2ccc(-c3ccc(C=C)cc3)c3c2B5c2ccccc2-3)cc1. The largest absolute Gasteiger partial charge is 0.312 e. The number of benzene rings is 7. The van der Waals surface area contributed by atoms with E-state index in [0.29, 0.717) is 0 Å². The van der Waals surface area contributed by atoms with Crippen LogP contribution in [0.4, 0.5) is 17.1 Å². The van der Waals surface area contributed by atoms with E-state index < -0.39 is 0 Å². The Kier molecular flexibility index (Phi) is 5.36. The van der Waals surface area contributed by atoms with Gasteiger partial charge in [-0.2, -0.15) is 0 Å². The zero-order chi connectivity index (χ0) is 32.4. The third-order valence-electron chi connectivity index (χ3n) is 11.4. The summed E-state index contributed by atoms with van der Waals surface area (Å²) in [5, 5.41) is 0. The van der Waals surface area contributed by atoms with Crippen LogP contribution >= 0.6 is 0 Å². The van der Waals surface area contributed by atoms with Gasteiger partial charge in [-0.3, -0.25) is 0 Å². The van der Waals surface area contributed by atoms with Crippen LogP contribution in [0.25, 0.3) is 56.7 Å². The number of hydrogen-bond acceptors (Lipinski definition) is 1. The van der Waals surface area contributed by atoms with Crippen LogP contribution in [0.15, 0.2) is 153 Å². The van der Waals surface area contributed by atoms with Crippen molar-refractivity contribution in [1.29, 1.82) is 0 Å². The fourth-order valence-electron chi connectivity index (χ4n) is 9.36. The van der Waals surface area contributed by atoms with E-state index in [1.165, 1.54) is 94.3 Å². The van der Waals surface area contributed by atoms with Gasteiger partial charge in [-0.15, -0.1) is 0 Å². The van der Waals surface area contributed by atoms with Gasteiger partial charge in [0, 0.05) is 17.1 Å². The molecule has 4 heterocycles. The number of hydrogen-bond donors (Lipinski definition) is 0. The highest BCUT2D eigenvalue weighted by atomic mass is 15.2. The predicted octanol–water partition coefficient (Wildman–Crippen LogP) is 7.40. The number of fused-ring (bicyclic) bond motifs is 10. The summed E-state index contributed by atoms with van der Waals surface area (Å²) in [6.07, 6.45) is 3.82. The lowest BCUT2D eigenvalue weighted by Gasteiger charge is -2.42. The molecule has 3 heteroatoms. The van der Waals surface area contributed by atoms with Gasteiger partial charge >= 0.3 is 0 Å². The first kappa shape index (κ1) is 27.0. The van der Waals surface area contributed by atoms with Crippen LogP contribution in [0.2, 0.25) is 0 Å². The molecule has 0 aromatic heterocycles. The minimum Gasteiger partial charge on any atom is -0.312 e. The van der Waals surface area contributed by atoms with Crippen LogP contribution in [0.1, 0.15) is 11.1 Å². The topological polar surface area (TPSA) is 3.24 Å². The van der Waals surface area contributed by atoms with Gasteiger partial charge in [0.25, 0.3) is 0 Å². The molecule has 0 N–H and O–H groups in total. The first-order valence-electron chi connectivity index (χ1n) is 17.2. The third-order valence-corrected chi connectivity index (χ3v) is 11.4. The standard InChI is InChI=1S/C46H29B2N/c1-3-28-15-19-30(20-16-28)32-23-24-34-35-10-7-14-41-44(35)48(40(34)27-32)39-13-8-12-38-46(39)49(41)42-26-25-33(31-21-17-29(4-2)18-22-31)43-36-9-5-6-11-37(36)47(38)45(42)43/h3-27H,1-2H2. The van der Waals surface area contributed by atoms with Gasteiger partial charge in [0.2, 0.25) is 13.4 Å². The summed E-state index contributed by atoms with van der Waals surface area (Å²) in [5.74, 6) is 0. The van der Waals surface area contributed by atoms with Crippen molar-refractivity contribution >= 4 is 75.4 Å². The summed E-state index contributed by atoms with van der Waals surface area (Å²) in [6, 6.07) is 52.5. The van der Waals surface area contributed by atoms with Gasteiger partial charge < -0.3 is 4.90 Å². The Hall–Kier alpha value is -6.05. The van der Waals surface area contributed by atoms with Crippen LogP contribution in [0.3, 0.4) is 0 Å². The summed E-state index contributed by atoms with van der Waals surface area (Å²) in [5.41, 5.74) is 25.1. The molecule has 0 bridgehead atoms. The number of anilines is 3. The second kappa shape index (κ2) is 9.75. The van der Waals surface area contributed by atoms with Crippen molar-refractivity contribution in [2.24, 2.45) is 0 Å². The molecule has 0 amide bonds. The molecular formula is C46H29B2N. The minimum atomic E-state index is 0.181. The predicted molar refractivity (Wildman–Crippen MR) is 212 cm³/mol. The Bertz CT molecular complexity index is 2580. The van der Waals surface area contributed by atoms with Crippen LogP contribution in [-0.2, 0) is 0 Å². The molecule has 7 aromatic rings. The average molecular weight is 617 g/mol. The molecule has 0 radical (unpaired) electrons. The molecule has 224 valence electrons. The number of nitrogens with zero attached hydrogens (tertiary/aromatic N) is 1. The molecule has 1 nitrogen and oxygen atoms in total. The zero-order valence-corrected chi connectivity index (χ0v) is 26.9. The van der Waals surface area contributed by atoms with E-state index in [1.807, 2.05) is 12.2 Å². The molecule has 0 saturated heterocycles. The van der Waals surface area contributed by atoms with Crippen LogP contribution < -0.4 is 37.7 Å². The first-order chi connectivity index (χ1) is 24.2. The molecule has 0 spiro atoms. The smallest absolute Gasteiger partial charge is 0.248 e. The quantitative estimate of drug-likeness (QED) is 0.186. The van der Waals surface area contributed by atoms with Crippen molar-refractivity contribution in [2.75, 3.05) is 4.90 Å². The minimum absolute atomic E-state index is 0.181. The summed E-state index contributed by atoms with van der Waals surface area (Å²) in [7, 11) is 0. The molecule has 0 saturated carbocycles. The highest BCUT2D eigenvalue weighted by molar-refractivity contribution is 7.05. The van der Waals surface area contributed by atoms with Gasteiger partial charge in [0.15, 0.2) is 0 Å². The third kappa shape index (κ3) is 3.47. The van der Waals surface area contributed by atoms with Crippen LogP contribution in [0, 0.1) is 0 Å². The van der Waals surface area contributed by atoms with Gasteiger partial charge in [-0.25, -0.2) is 0 Å². The summed E-state index contributed by atoms with van der Waals surface area (Å²) in [6.45, 7) is 8.28. The molecule has 4 aliphatic heterocycles. The monoisotopic (exact) mass is 617 g/mol. The van der Waals surface area contributed by atoms with E-state index in [2.05, 4.69) is 158 Å². The van der Waals surface area contributed by atoms with Crippen LogP contribution in [-0.4, -0.2) is 13.4 Å². The summed E-state index contributed by atoms with van der Waals surface area (Å²) >= 11 is 0. The molecule has 11 rings (SSSR count). The maximum atomic E-state index is 3.98. The van der Waals surface area contributed by atoms with E-state index in [1.54, 1.807) is 0 Å². The van der Waals surface area contributed by atoms with Gasteiger partial charge in [-0.05, 0) is 89.6 Å². The van der Waals surface area contributed by atoms with Gasteiger partial charge in [0.1, 0.15) is 0 Å². The molecule has 7 aromatic carbocycles. The fourth-order valence-corrected chi connectivity index (χ4v) is 9.36. The van der Waals surface area contributed by atoms with Crippen LogP contribution in [0.5, 0.6) is 0 Å². The maximum absolute atomic E-state index is 3.98. The highest BCUT2D eigenvalue weighted by Gasteiger charge is 2.49. The summed E-state index contributed by atoms with van der Waals surface area (Å²) < 4.78 is 0. The van der Waals surface area contributed by atoms with E-state index in [-0.39, 0.29) is 13.4 Å². The summed E-state index contributed by atoms with van der Waals surface area (Å²) in [4.78, 5) is 2.60. The Morgan fingerprint density at radius 3 is 1.78 bits per heavy atom. The molecule has 0 unspecified atom stereocenters. The number of para-hydroxylation sites is 1. The van der Waals surface area contributed by atoms with Crippen molar-refractivity contribution in [2.45, 2.75) is 0 Å². The van der Waals surface area contributed by atoms with Crippen molar-refractivity contribution in [1.82, 2.24) is 0 Å². The normalized spacial score (nSPS) is 13.3. The molecule has 0 fully saturated rings. The molecule has 0 aliphatic carbocycles. The molecule has 4 aliphatic rings. The second-order valence-corrected chi connectivity index (χ2v) is 13.7. The highest BCUT2D eigenvalue weighted by Crippen LogP contribution is 2.46. The average Bonchev–Trinajstić information content (AvgIpc) is 3.69. The maximum Gasteiger partial charge on any atom is 0.248 e. The second-order valence-electron chi connectivity index (χ2n) is 13.7. The van der Waals surface area contributed by atoms with E-state index in [4.69, 9.17) is 0 Å². The molecule has 49 heavy (non-hydrogen) atoms. The van der Waals surface area contributed by atoms with E-state index in [9.17, 15) is 0 Å². The van der Waals surface area contributed by atoms with Crippen molar-refractivity contribution in [3.8, 4) is 44.5 Å².